The Kier molecular flexibility index (Phi) is 4.55. The van der Waals surface area contributed by atoms with Crippen LogP contribution in [0.1, 0.15) is 31.2 Å². The molecule has 21 heavy (non-hydrogen) atoms. The Labute approximate surface area is 126 Å². The first-order chi connectivity index (χ1) is 10.3. The normalized spacial score (nSPS) is 15.5. The second kappa shape index (κ2) is 6.76. The Hall–Kier alpha value is -1.81. The Balaban J connectivity index is 1.54. The highest BCUT2D eigenvalue weighted by atomic mass is 15.1. The number of anilines is 1. The smallest absolute Gasteiger partial charge is 0.128 e. The van der Waals surface area contributed by atoms with E-state index in [0.29, 0.717) is 0 Å². The summed E-state index contributed by atoms with van der Waals surface area (Å²) in [5.41, 5.74) is 2.56. The van der Waals surface area contributed by atoms with Crippen LogP contribution in [0.4, 0.5) is 5.69 Å². The summed E-state index contributed by atoms with van der Waals surface area (Å²) < 4.78 is 2.16. The SMILES string of the molecule is CCn1ccnc1CNc1ccc(CN2CCCC2)cc1. The summed E-state index contributed by atoms with van der Waals surface area (Å²) in [4.78, 5) is 6.91. The summed E-state index contributed by atoms with van der Waals surface area (Å²) in [6, 6.07) is 8.80. The number of hydrogen-bond donors (Lipinski definition) is 1. The van der Waals surface area contributed by atoms with Crippen LogP contribution in [0, 0.1) is 0 Å². The molecule has 2 heterocycles. The number of rotatable bonds is 6. The Morgan fingerprint density at radius 1 is 1.14 bits per heavy atom. The highest BCUT2D eigenvalue weighted by Crippen LogP contribution is 2.15. The van der Waals surface area contributed by atoms with E-state index in [1.165, 1.54) is 31.5 Å². The number of hydrogen-bond acceptors (Lipinski definition) is 3. The van der Waals surface area contributed by atoms with Crippen LogP contribution >= 0.6 is 0 Å². The maximum absolute atomic E-state index is 4.38. The zero-order chi connectivity index (χ0) is 14.5. The van der Waals surface area contributed by atoms with Crippen molar-refractivity contribution in [3.05, 3.63) is 48.0 Å². The second-order valence-corrected chi connectivity index (χ2v) is 5.66. The summed E-state index contributed by atoms with van der Waals surface area (Å²) in [6.07, 6.45) is 6.59. The molecule has 0 unspecified atom stereocenters. The minimum absolute atomic E-state index is 0.770. The van der Waals surface area contributed by atoms with E-state index >= 15 is 0 Å². The molecular formula is C17H24N4. The van der Waals surface area contributed by atoms with Crippen molar-refractivity contribution >= 4 is 5.69 Å². The van der Waals surface area contributed by atoms with E-state index in [1.807, 2.05) is 12.4 Å². The first kappa shape index (κ1) is 14.1. The van der Waals surface area contributed by atoms with Gasteiger partial charge in [0.15, 0.2) is 0 Å². The van der Waals surface area contributed by atoms with Gasteiger partial charge in [0.05, 0.1) is 6.54 Å². The van der Waals surface area contributed by atoms with Gasteiger partial charge >= 0.3 is 0 Å². The fourth-order valence-electron chi connectivity index (χ4n) is 2.90. The molecule has 1 saturated heterocycles. The third kappa shape index (κ3) is 3.64. The van der Waals surface area contributed by atoms with Gasteiger partial charge in [0.2, 0.25) is 0 Å². The molecule has 1 fully saturated rings. The molecule has 0 bridgehead atoms. The summed E-state index contributed by atoms with van der Waals surface area (Å²) >= 11 is 0. The van der Waals surface area contributed by atoms with Crippen LogP contribution in [0.2, 0.25) is 0 Å². The molecule has 0 atom stereocenters. The zero-order valence-corrected chi connectivity index (χ0v) is 12.8. The molecular weight excluding hydrogens is 260 g/mol. The first-order valence-corrected chi connectivity index (χ1v) is 7.90. The zero-order valence-electron chi connectivity index (χ0n) is 12.8. The first-order valence-electron chi connectivity index (χ1n) is 7.90. The third-order valence-electron chi connectivity index (χ3n) is 4.15. The van der Waals surface area contributed by atoms with Gasteiger partial charge in [-0.05, 0) is 50.6 Å². The summed E-state index contributed by atoms with van der Waals surface area (Å²) in [5.74, 6) is 1.08. The van der Waals surface area contributed by atoms with Gasteiger partial charge in [-0.1, -0.05) is 12.1 Å². The number of nitrogens with zero attached hydrogens (tertiary/aromatic N) is 3. The predicted octanol–water partition coefficient (Wildman–Crippen LogP) is 3.11. The van der Waals surface area contributed by atoms with Gasteiger partial charge in [-0.2, -0.15) is 0 Å². The molecule has 0 spiro atoms. The molecule has 4 heteroatoms. The van der Waals surface area contributed by atoms with Gasteiger partial charge in [0.1, 0.15) is 5.82 Å². The summed E-state index contributed by atoms with van der Waals surface area (Å²) in [5, 5.41) is 3.45. The average molecular weight is 284 g/mol. The lowest BCUT2D eigenvalue weighted by molar-refractivity contribution is 0.331. The van der Waals surface area contributed by atoms with Crippen molar-refractivity contribution in [3.63, 3.8) is 0 Å². The Morgan fingerprint density at radius 2 is 1.90 bits per heavy atom. The van der Waals surface area contributed by atoms with Crippen molar-refractivity contribution in [1.82, 2.24) is 14.5 Å². The molecule has 0 radical (unpaired) electrons. The highest BCUT2D eigenvalue weighted by molar-refractivity contribution is 5.44. The lowest BCUT2D eigenvalue weighted by atomic mass is 10.2. The minimum atomic E-state index is 0.770. The van der Waals surface area contributed by atoms with E-state index in [-0.39, 0.29) is 0 Å². The van der Waals surface area contributed by atoms with Crippen molar-refractivity contribution in [2.75, 3.05) is 18.4 Å². The van der Waals surface area contributed by atoms with Crippen LogP contribution < -0.4 is 5.32 Å². The molecule has 2 aromatic rings. The van der Waals surface area contributed by atoms with E-state index in [2.05, 4.69) is 51.0 Å². The fourth-order valence-corrected chi connectivity index (χ4v) is 2.90. The molecule has 0 saturated carbocycles. The number of nitrogens with one attached hydrogen (secondary N) is 1. The maximum Gasteiger partial charge on any atom is 0.128 e. The molecule has 3 rings (SSSR count). The second-order valence-electron chi connectivity index (χ2n) is 5.66. The number of aromatic nitrogens is 2. The van der Waals surface area contributed by atoms with Crippen LogP contribution in [0.15, 0.2) is 36.7 Å². The third-order valence-corrected chi connectivity index (χ3v) is 4.15. The van der Waals surface area contributed by atoms with E-state index < -0.39 is 0 Å². The maximum atomic E-state index is 4.38. The molecule has 1 aliphatic rings. The van der Waals surface area contributed by atoms with Crippen LogP contribution in [0.3, 0.4) is 0 Å². The Morgan fingerprint density at radius 3 is 2.62 bits per heavy atom. The number of aryl methyl sites for hydroxylation is 1. The average Bonchev–Trinajstić information content (AvgIpc) is 3.17. The standard InChI is InChI=1S/C17H24N4/c1-2-21-12-9-18-17(21)13-19-16-7-5-15(6-8-16)14-20-10-3-4-11-20/h5-9,12,19H,2-4,10-11,13-14H2,1H3. The van der Waals surface area contributed by atoms with Crippen molar-refractivity contribution in [3.8, 4) is 0 Å². The number of likely N-dealkylation sites (tertiary alicyclic amines) is 1. The molecule has 1 aliphatic heterocycles. The van der Waals surface area contributed by atoms with Gasteiger partial charge in [0, 0.05) is 31.2 Å². The summed E-state index contributed by atoms with van der Waals surface area (Å²) in [6.45, 7) is 7.45. The van der Waals surface area contributed by atoms with E-state index in [9.17, 15) is 0 Å². The van der Waals surface area contributed by atoms with Gasteiger partial charge in [-0.15, -0.1) is 0 Å². The molecule has 0 aliphatic carbocycles. The van der Waals surface area contributed by atoms with Gasteiger partial charge in [-0.3, -0.25) is 4.90 Å². The Bertz CT molecular complexity index is 552. The lowest BCUT2D eigenvalue weighted by Crippen LogP contribution is -2.18. The van der Waals surface area contributed by atoms with Crippen LogP contribution in [-0.4, -0.2) is 27.5 Å². The van der Waals surface area contributed by atoms with Crippen LogP contribution in [0.25, 0.3) is 0 Å². The van der Waals surface area contributed by atoms with Crippen molar-refractivity contribution in [2.24, 2.45) is 0 Å². The van der Waals surface area contributed by atoms with Crippen LogP contribution in [-0.2, 0) is 19.6 Å². The predicted molar refractivity (Wildman–Crippen MR) is 86.2 cm³/mol. The topological polar surface area (TPSA) is 33.1 Å². The highest BCUT2D eigenvalue weighted by Gasteiger charge is 2.11. The molecule has 1 aromatic heterocycles. The van der Waals surface area contributed by atoms with Crippen LogP contribution in [0.5, 0.6) is 0 Å². The summed E-state index contributed by atoms with van der Waals surface area (Å²) in [7, 11) is 0. The molecule has 4 nitrogen and oxygen atoms in total. The molecule has 112 valence electrons. The minimum Gasteiger partial charge on any atom is -0.378 e. The van der Waals surface area contributed by atoms with Gasteiger partial charge < -0.3 is 9.88 Å². The monoisotopic (exact) mass is 284 g/mol. The molecule has 1 aromatic carbocycles. The lowest BCUT2D eigenvalue weighted by Gasteiger charge is -2.15. The number of imidazole rings is 1. The van der Waals surface area contributed by atoms with E-state index in [0.717, 1.165) is 31.1 Å². The quantitative estimate of drug-likeness (QED) is 0.885. The molecule has 1 N–H and O–H groups in total. The van der Waals surface area contributed by atoms with Gasteiger partial charge in [-0.25, -0.2) is 4.98 Å². The molecule has 0 amide bonds. The van der Waals surface area contributed by atoms with E-state index in [4.69, 9.17) is 0 Å². The van der Waals surface area contributed by atoms with Gasteiger partial charge in [0.25, 0.3) is 0 Å². The van der Waals surface area contributed by atoms with E-state index in [1.54, 1.807) is 0 Å². The fraction of sp³-hybridized carbons (Fsp3) is 0.471. The van der Waals surface area contributed by atoms with Crippen molar-refractivity contribution < 1.29 is 0 Å². The van der Waals surface area contributed by atoms with Crippen molar-refractivity contribution in [1.29, 1.82) is 0 Å². The number of benzene rings is 1. The largest absolute Gasteiger partial charge is 0.378 e. The van der Waals surface area contributed by atoms with Crippen molar-refractivity contribution in [2.45, 2.75) is 39.4 Å².